The van der Waals surface area contributed by atoms with Crippen LogP contribution in [0.5, 0.6) is 0 Å². The highest BCUT2D eigenvalue weighted by Gasteiger charge is 2.41. The summed E-state index contributed by atoms with van der Waals surface area (Å²) in [7, 11) is -3.44. The van der Waals surface area contributed by atoms with Gasteiger partial charge in [-0.25, -0.2) is 18.1 Å². The van der Waals surface area contributed by atoms with E-state index in [1.165, 1.54) is 11.3 Å². The van der Waals surface area contributed by atoms with Crippen molar-refractivity contribution in [2.24, 2.45) is 0 Å². The first kappa shape index (κ1) is 12.3. The summed E-state index contributed by atoms with van der Waals surface area (Å²) in [6.07, 6.45) is 1.78. The number of thiophene rings is 1. The third-order valence-electron chi connectivity index (χ3n) is 2.96. The van der Waals surface area contributed by atoms with Gasteiger partial charge in [0.15, 0.2) is 0 Å². The summed E-state index contributed by atoms with van der Waals surface area (Å²) in [6, 6.07) is 5.01. The van der Waals surface area contributed by atoms with Crippen molar-refractivity contribution >= 4 is 43.2 Å². The average molecular weight is 303 g/mol. The largest absolute Gasteiger partial charge is 0.250 e. The minimum absolute atomic E-state index is 0.264. The van der Waals surface area contributed by atoms with Gasteiger partial charge in [0.25, 0.3) is 10.0 Å². The number of rotatable bonds is 3. The van der Waals surface area contributed by atoms with Crippen LogP contribution in [-0.2, 0) is 10.0 Å². The normalized spacial score (nSPS) is 18.1. The molecule has 0 radical (unpaired) electrons. The highest BCUT2D eigenvalue weighted by molar-refractivity contribution is 7.91. The molecule has 0 bridgehead atoms. The van der Waals surface area contributed by atoms with E-state index in [0.717, 1.165) is 17.5 Å². The maximum absolute atomic E-state index is 12.2. The Morgan fingerprint density at radius 2 is 2.17 bits per heavy atom. The van der Waals surface area contributed by atoms with Crippen molar-refractivity contribution < 1.29 is 8.42 Å². The molecule has 1 aliphatic carbocycles. The number of hydrogen-bond acceptors (Lipinski definition) is 4. The summed E-state index contributed by atoms with van der Waals surface area (Å²) in [4.78, 5) is 4.11. The van der Waals surface area contributed by atoms with Gasteiger partial charge in [0.05, 0.1) is 10.2 Å². The fourth-order valence-electron chi connectivity index (χ4n) is 1.67. The molecule has 1 N–H and O–H groups in total. The zero-order chi connectivity index (χ0) is 13.0. The Morgan fingerprint density at radius 1 is 1.44 bits per heavy atom. The number of aromatic nitrogens is 1. The highest BCUT2D eigenvalue weighted by atomic mass is 35.5. The van der Waals surface area contributed by atoms with Crippen LogP contribution in [0, 0.1) is 0 Å². The summed E-state index contributed by atoms with van der Waals surface area (Å²) in [5, 5.41) is 0.367. The molecule has 0 saturated heterocycles. The number of sulfonamides is 1. The van der Waals surface area contributed by atoms with Gasteiger partial charge in [0.2, 0.25) is 0 Å². The number of fused-ring (bicyclic) bond motifs is 1. The zero-order valence-electron chi connectivity index (χ0n) is 9.60. The Hall–Kier alpha value is -0.690. The van der Waals surface area contributed by atoms with Crippen LogP contribution in [0.4, 0.5) is 0 Å². The van der Waals surface area contributed by atoms with Crippen molar-refractivity contribution in [3.8, 4) is 0 Å². The van der Waals surface area contributed by atoms with Crippen LogP contribution in [0.25, 0.3) is 10.2 Å². The zero-order valence-corrected chi connectivity index (χ0v) is 12.0. The summed E-state index contributed by atoms with van der Waals surface area (Å²) >= 11 is 7.00. The van der Waals surface area contributed by atoms with Crippen molar-refractivity contribution in [3.05, 3.63) is 23.4 Å². The van der Waals surface area contributed by atoms with Gasteiger partial charge in [-0.2, -0.15) is 0 Å². The summed E-state index contributed by atoms with van der Waals surface area (Å²) < 4.78 is 28.2. The molecule has 0 atom stereocenters. The van der Waals surface area contributed by atoms with Gasteiger partial charge < -0.3 is 0 Å². The van der Waals surface area contributed by atoms with Gasteiger partial charge in [-0.1, -0.05) is 11.6 Å². The Kier molecular flexibility index (Phi) is 2.68. The van der Waals surface area contributed by atoms with Gasteiger partial charge in [-0.3, -0.25) is 0 Å². The smallest absolute Gasteiger partial charge is 0.235 e. The molecular weight excluding hydrogens is 292 g/mol. The SMILES string of the molecule is CC1(NS(=O)(=O)c2cc3nc(Cl)ccc3s2)CC1. The molecule has 1 fully saturated rings. The predicted molar refractivity (Wildman–Crippen MR) is 72.6 cm³/mol. The molecule has 0 aromatic carbocycles. The fourth-order valence-corrected chi connectivity index (χ4v) is 4.61. The lowest BCUT2D eigenvalue weighted by molar-refractivity contribution is 0.560. The Morgan fingerprint density at radius 3 is 2.83 bits per heavy atom. The molecule has 0 spiro atoms. The first-order valence-electron chi connectivity index (χ1n) is 5.48. The van der Waals surface area contributed by atoms with Gasteiger partial charge >= 0.3 is 0 Å². The van der Waals surface area contributed by atoms with Crippen molar-refractivity contribution in [1.29, 1.82) is 0 Å². The molecule has 0 aliphatic heterocycles. The number of nitrogens with zero attached hydrogens (tertiary/aromatic N) is 1. The monoisotopic (exact) mass is 302 g/mol. The third-order valence-corrected chi connectivity index (χ3v) is 6.37. The van der Waals surface area contributed by atoms with Gasteiger partial charge in [0.1, 0.15) is 9.36 Å². The van der Waals surface area contributed by atoms with Gasteiger partial charge in [0, 0.05) is 5.54 Å². The van der Waals surface area contributed by atoms with Gasteiger partial charge in [-0.05, 0) is 38.0 Å². The minimum Gasteiger partial charge on any atom is -0.235 e. The summed E-state index contributed by atoms with van der Waals surface area (Å²) in [6.45, 7) is 1.91. The molecule has 18 heavy (non-hydrogen) atoms. The van der Waals surface area contributed by atoms with E-state index < -0.39 is 10.0 Å². The molecule has 2 aromatic heterocycles. The predicted octanol–water partition coefficient (Wildman–Crippen LogP) is 2.78. The molecule has 0 amide bonds. The summed E-state index contributed by atoms with van der Waals surface area (Å²) in [5.74, 6) is 0. The molecule has 96 valence electrons. The van der Waals surface area contributed by atoms with Crippen LogP contribution in [-0.4, -0.2) is 18.9 Å². The number of nitrogens with one attached hydrogen (secondary N) is 1. The maximum atomic E-state index is 12.2. The van der Waals surface area contributed by atoms with E-state index in [4.69, 9.17) is 11.6 Å². The van der Waals surface area contributed by atoms with E-state index in [1.807, 2.05) is 6.92 Å². The molecule has 2 aromatic rings. The fraction of sp³-hybridized carbons (Fsp3) is 0.364. The van der Waals surface area contributed by atoms with Gasteiger partial charge in [-0.15, -0.1) is 11.3 Å². The molecule has 7 heteroatoms. The lowest BCUT2D eigenvalue weighted by Crippen LogP contribution is -2.33. The second-order valence-corrected chi connectivity index (χ2v) is 8.13. The molecule has 0 unspecified atom stereocenters. The summed E-state index contributed by atoms with van der Waals surface area (Å²) in [5.41, 5.74) is 0.355. The van der Waals surface area contributed by atoms with Crippen LogP contribution in [0.2, 0.25) is 5.15 Å². The molecular formula is C11H11ClN2O2S2. The van der Waals surface area contributed by atoms with Crippen molar-refractivity contribution in [1.82, 2.24) is 9.71 Å². The third kappa shape index (κ3) is 2.25. The van der Waals surface area contributed by atoms with Crippen molar-refractivity contribution in [2.45, 2.75) is 29.5 Å². The van der Waals surface area contributed by atoms with E-state index >= 15 is 0 Å². The van der Waals surface area contributed by atoms with Crippen LogP contribution in [0.1, 0.15) is 19.8 Å². The topological polar surface area (TPSA) is 59.1 Å². The average Bonchev–Trinajstić information content (AvgIpc) is 2.83. The van der Waals surface area contributed by atoms with Crippen molar-refractivity contribution in [2.75, 3.05) is 0 Å². The Bertz CT molecular complexity index is 720. The first-order valence-corrected chi connectivity index (χ1v) is 8.16. The Balaban J connectivity index is 2.03. The van der Waals surface area contributed by atoms with Crippen molar-refractivity contribution in [3.63, 3.8) is 0 Å². The van der Waals surface area contributed by atoms with E-state index in [2.05, 4.69) is 9.71 Å². The maximum Gasteiger partial charge on any atom is 0.250 e. The number of hydrogen-bond donors (Lipinski definition) is 1. The van der Waals surface area contributed by atoms with E-state index in [9.17, 15) is 8.42 Å². The van der Waals surface area contributed by atoms with Crippen LogP contribution < -0.4 is 4.72 Å². The molecule has 1 aliphatic rings. The highest BCUT2D eigenvalue weighted by Crippen LogP contribution is 2.37. The van der Waals surface area contributed by atoms with Crippen LogP contribution >= 0.6 is 22.9 Å². The van der Waals surface area contributed by atoms with E-state index in [-0.39, 0.29) is 5.54 Å². The van der Waals surface area contributed by atoms with Crippen LogP contribution in [0.15, 0.2) is 22.4 Å². The molecule has 3 rings (SSSR count). The number of pyridine rings is 1. The van der Waals surface area contributed by atoms with E-state index in [0.29, 0.717) is 14.9 Å². The standard InChI is InChI=1S/C11H11ClN2O2S2/c1-11(4-5-11)14-18(15,16)10-6-7-8(17-10)2-3-9(12)13-7/h2-3,6,14H,4-5H2,1H3. The first-order chi connectivity index (χ1) is 8.38. The quantitative estimate of drug-likeness (QED) is 0.887. The second-order valence-electron chi connectivity index (χ2n) is 4.75. The van der Waals surface area contributed by atoms with Crippen LogP contribution in [0.3, 0.4) is 0 Å². The van der Waals surface area contributed by atoms with E-state index in [1.54, 1.807) is 18.2 Å². The lowest BCUT2D eigenvalue weighted by atomic mass is 10.4. The number of halogens is 1. The Labute approximate surface area is 114 Å². The second kappa shape index (κ2) is 3.90. The molecule has 1 saturated carbocycles. The lowest BCUT2D eigenvalue weighted by Gasteiger charge is -2.09. The molecule has 2 heterocycles. The molecule has 4 nitrogen and oxygen atoms in total. The minimum atomic E-state index is -3.44.